The Morgan fingerprint density at radius 2 is 2.23 bits per heavy atom. The summed E-state index contributed by atoms with van der Waals surface area (Å²) in [5.74, 6) is -1.43. The van der Waals surface area contributed by atoms with E-state index >= 15 is 0 Å². The van der Waals surface area contributed by atoms with Crippen molar-refractivity contribution in [2.24, 2.45) is 0 Å². The molecule has 0 aromatic carbocycles. The summed E-state index contributed by atoms with van der Waals surface area (Å²) in [6, 6.07) is 3.24. The van der Waals surface area contributed by atoms with Gasteiger partial charge in [0.15, 0.2) is 10.7 Å². The smallest absolute Gasteiger partial charge is 0.307 e. The monoisotopic (exact) mass is 336 g/mol. The Balaban J connectivity index is 1.87. The van der Waals surface area contributed by atoms with Gasteiger partial charge in [-0.25, -0.2) is 4.98 Å². The zero-order valence-electron chi connectivity index (χ0n) is 11.0. The second-order valence-electron chi connectivity index (χ2n) is 4.47. The number of aromatic nitrogens is 1. The number of halogens is 1. The quantitative estimate of drug-likeness (QED) is 0.712. The minimum absolute atomic E-state index is 0.101. The predicted octanol–water partition coefficient (Wildman–Crippen LogP) is 3.42. The Labute approximate surface area is 133 Å². The lowest BCUT2D eigenvalue weighted by Gasteiger charge is -2.05. The maximum absolute atomic E-state index is 12.3. The molecule has 0 bridgehead atoms. The Morgan fingerprint density at radius 1 is 1.41 bits per heavy atom. The van der Waals surface area contributed by atoms with Gasteiger partial charge in [-0.05, 0) is 23.1 Å². The molecule has 3 aromatic rings. The summed E-state index contributed by atoms with van der Waals surface area (Å²) < 4.78 is 5.16. The lowest BCUT2D eigenvalue weighted by molar-refractivity contribution is -0.136. The van der Waals surface area contributed by atoms with Gasteiger partial charge in [-0.1, -0.05) is 11.6 Å². The number of nitrogens with one attached hydrogen (secondary N) is 1. The Hall–Kier alpha value is -2.38. The molecule has 3 aromatic heterocycles. The third-order valence-corrected chi connectivity index (χ3v) is 4.01. The molecule has 0 saturated heterocycles. The number of furan rings is 1. The van der Waals surface area contributed by atoms with E-state index in [9.17, 15) is 9.59 Å². The van der Waals surface area contributed by atoms with Crippen LogP contribution in [-0.2, 0) is 11.2 Å². The zero-order valence-corrected chi connectivity index (χ0v) is 12.6. The fourth-order valence-corrected chi connectivity index (χ4v) is 3.01. The van der Waals surface area contributed by atoms with Crippen LogP contribution in [-0.4, -0.2) is 22.0 Å². The number of carbonyl (C=O) groups is 2. The largest absolute Gasteiger partial charge is 0.481 e. The van der Waals surface area contributed by atoms with Crippen LogP contribution in [0.3, 0.4) is 0 Å². The van der Waals surface area contributed by atoms with Crippen molar-refractivity contribution in [1.82, 2.24) is 4.98 Å². The van der Waals surface area contributed by atoms with Crippen LogP contribution in [0.4, 0.5) is 5.69 Å². The highest BCUT2D eigenvalue weighted by Crippen LogP contribution is 2.25. The number of carboxylic acids is 1. The molecule has 0 aliphatic rings. The minimum Gasteiger partial charge on any atom is -0.481 e. The van der Waals surface area contributed by atoms with Gasteiger partial charge in [-0.3, -0.25) is 9.59 Å². The number of thiophene rings is 1. The third-order valence-electron chi connectivity index (χ3n) is 2.96. The lowest BCUT2D eigenvalue weighted by atomic mass is 10.2. The summed E-state index contributed by atoms with van der Waals surface area (Å²) >= 11 is 7.28. The van der Waals surface area contributed by atoms with Gasteiger partial charge in [0.1, 0.15) is 5.69 Å². The molecule has 0 fully saturated rings. The lowest BCUT2D eigenvalue weighted by Crippen LogP contribution is -2.15. The second-order valence-corrected chi connectivity index (χ2v) is 5.57. The molecule has 2 N–H and O–H groups in total. The number of fused-ring (bicyclic) bond motifs is 1. The number of anilines is 1. The van der Waals surface area contributed by atoms with Crippen LogP contribution in [0.2, 0.25) is 5.15 Å². The maximum atomic E-state index is 12.3. The molecule has 8 heteroatoms. The number of rotatable bonds is 4. The van der Waals surface area contributed by atoms with E-state index in [0.717, 1.165) is 0 Å². The van der Waals surface area contributed by atoms with Crippen molar-refractivity contribution in [3.05, 3.63) is 45.6 Å². The van der Waals surface area contributed by atoms with E-state index in [1.807, 2.05) is 0 Å². The van der Waals surface area contributed by atoms with Crippen molar-refractivity contribution < 1.29 is 19.1 Å². The van der Waals surface area contributed by atoms with Crippen LogP contribution in [0.25, 0.3) is 11.0 Å². The van der Waals surface area contributed by atoms with Crippen LogP contribution in [0.15, 0.2) is 33.6 Å². The van der Waals surface area contributed by atoms with Crippen molar-refractivity contribution in [3.63, 3.8) is 0 Å². The highest BCUT2D eigenvalue weighted by atomic mass is 35.5. The van der Waals surface area contributed by atoms with Crippen LogP contribution in [0.5, 0.6) is 0 Å². The highest BCUT2D eigenvalue weighted by molar-refractivity contribution is 7.08. The predicted molar refractivity (Wildman–Crippen MR) is 82.6 cm³/mol. The first-order chi connectivity index (χ1) is 10.5. The molecule has 3 heterocycles. The molecule has 3 rings (SSSR count). The Morgan fingerprint density at radius 3 is 3.00 bits per heavy atom. The highest BCUT2D eigenvalue weighted by Gasteiger charge is 2.16. The van der Waals surface area contributed by atoms with Gasteiger partial charge in [0.2, 0.25) is 0 Å². The van der Waals surface area contributed by atoms with E-state index in [1.54, 1.807) is 22.9 Å². The summed E-state index contributed by atoms with van der Waals surface area (Å²) in [5, 5.41) is 15.6. The molecule has 1 amide bonds. The van der Waals surface area contributed by atoms with E-state index in [-0.39, 0.29) is 17.3 Å². The molecule has 0 atom stereocenters. The van der Waals surface area contributed by atoms with Gasteiger partial charge in [0.25, 0.3) is 5.91 Å². The zero-order chi connectivity index (χ0) is 15.7. The molecule has 0 aliphatic carbocycles. The first kappa shape index (κ1) is 14.6. The number of carbonyl (C=O) groups excluding carboxylic acids is 1. The molecule has 0 aliphatic heterocycles. The first-order valence-corrected chi connectivity index (χ1v) is 7.48. The van der Waals surface area contributed by atoms with Gasteiger partial charge < -0.3 is 14.8 Å². The summed E-state index contributed by atoms with van der Waals surface area (Å²) in [6.07, 6.45) is 1.30. The average molecular weight is 337 g/mol. The minimum atomic E-state index is -0.963. The average Bonchev–Trinajstić information content (AvgIpc) is 3.08. The second kappa shape index (κ2) is 5.78. The molecule has 0 saturated carbocycles. The fraction of sp³-hybridized carbons (Fsp3) is 0.0714. The number of pyridine rings is 1. The Kier molecular flexibility index (Phi) is 3.82. The van der Waals surface area contributed by atoms with E-state index in [1.165, 1.54) is 17.6 Å². The molecule has 112 valence electrons. The van der Waals surface area contributed by atoms with Gasteiger partial charge in [-0.15, -0.1) is 11.3 Å². The number of hydrogen-bond donors (Lipinski definition) is 2. The summed E-state index contributed by atoms with van der Waals surface area (Å²) in [6.45, 7) is 0. The summed E-state index contributed by atoms with van der Waals surface area (Å²) in [4.78, 5) is 27.0. The van der Waals surface area contributed by atoms with Crippen molar-refractivity contribution in [3.8, 4) is 0 Å². The Bertz CT molecular complexity index is 871. The van der Waals surface area contributed by atoms with Crippen molar-refractivity contribution in [2.45, 2.75) is 6.42 Å². The molecular formula is C14H9ClN2O4S. The summed E-state index contributed by atoms with van der Waals surface area (Å²) in [5.41, 5.74) is 1.55. The van der Waals surface area contributed by atoms with Gasteiger partial charge in [0.05, 0.1) is 18.4 Å². The first-order valence-electron chi connectivity index (χ1n) is 6.16. The maximum Gasteiger partial charge on any atom is 0.307 e. The topological polar surface area (TPSA) is 92.4 Å². The van der Waals surface area contributed by atoms with E-state index in [0.29, 0.717) is 22.2 Å². The van der Waals surface area contributed by atoms with E-state index in [2.05, 4.69) is 10.3 Å². The number of amides is 1. The fourth-order valence-electron chi connectivity index (χ4n) is 1.97. The standard InChI is InChI=1S/C14H9ClN2O4S/c15-13-12-7(1-2-21-12)3-9(16-13)14(20)17-10-6-22-5-8(10)4-11(18)19/h1-3,5-6H,4H2,(H,17,20)(H,18,19). The van der Waals surface area contributed by atoms with Gasteiger partial charge >= 0.3 is 5.97 Å². The normalized spacial score (nSPS) is 10.8. The van der Waals surface area contributed by atoms with E-state index < -0.39 is 11.9 Å². The van der Waals surface area contributed by atoms with Crippen molar-refractivity contribution >= 4 is 51.5 Å². The molecule has 0 radical (unpaired) electrons. The molecule has 22 heavy (non-hydrogen) atoms. The molecule has 0 spiro atoms. The van der Waals surface area contributed by atoms with Crippen LogP contribution >= 0.6 is 22.9 Å². The molecule has 0 unspecified atom stereocenters. The third kappa shape index (κ3) is 2.81. The van der Waals surface area contributed by atoms with Crippen LogP contribution < -0.4 is 5.32 Å². The van der Waals surface area contributed by atoms with Crippen LogP contribution in [0, 0.1) is 0 Å². The van der Waals surface area contributed by atoms with Gasteiger partial charge in [-0.2, -0.15) is 0 Å². The van der Waals surface area contributed by atoms with Crippen LogP contribution in [0.1, 0.15) is 16.1 Å². The van der Waals surface area contributed by atoms with Crippen molar-refractivity contribution in [2.75, 3.05) is 5.32 Å². The number of nitrogens with zero attached hydrogens (tertiary/aromatic N) is 1. The molecular weight excluding hydrogens is 328 g/mol. The number of aliphatic carboxylic acids is 1. The van der Waals surface area contributed by atoms with Crippen molar-refractivity contribution in [1.29, 1.82) is 0 Å². The SMILES string of the molecule is O=C(O)Cc1cscc1NC(=O)c1cc2ccoc2c(Cl)n1. The molecule has 6 nitrogen and oxygen atoms in total. The van der Waals surface area contributed by atoms with E-state index in [4.69, 9.17) is 21.1 Å². The summed E-state index contributed by atoms with van der Waals surface area (Å²) in [7, 11) is 0. The number of carboxylic acid groups (broad SMARTS) is 1. The number of hydrogen-bond acceptors (Lipinski definition) is 5. The van der Waals surface area contributed by atoms with Gasteiger partial charge in [0, 0.05) is 10.8 Å².